The number of nitrogens with zero attached hydrogens (tertiary/aromatic N) is 1. The molecule has 0 spiro atoms. The van der Waals surface area contributed by atoms with Crippen LogP contribution in [0.25, 0.3) is 0 Å². The average Bonchev–Trinajstić information content (AvgIpc) is 2.31. The van der Waals surface area contributed by atoms with Gasteiger partial charge in [0.25, 0.3) is 0 Å². The highest BCUT2D eigenvalue weighted by molar-refractivity contribution is 5.77. The van der Waals surface area contributed by atoms with Crippen LogP contribution >= 0.6 is 0 Å². The first kappa shape index (κ1) is 14.6. The molecule has 0 aliphatic rings. The van der Waals surface area contributed by atoms with Crippen LogP contribution in [0.2, 0.25) is 0 Å². The van der Waals surface area contributed by atoms with E-state index in [1.165, 1.54) is 0 Å². The van der Waals surface area contributed by atoms with Crippen LogP contribution in [0.1, 0.15) is 31.5 Å². The van der Waals surface area contributed by atoms with Gasteiger partial charge in [-0.15, -0.1) is 0 Å². The second-order valence-corrected chi connectivity index (χ2v) is 4.94. The molecule has 0 aliphatic carbocycles. The molecule has 1 heterocycles. The van der Waals surface area contributed by atoms with Crippen molar-refractivity contribution in [1.82, 2.24) is 15.6 Å². The van der Waals surface area contributed by atoms with Gasteiger partial charge < -0.3 is 10.6 Å². The number of nitrogens with one attached hydrogen (secondary N) is 2. The van der Waals surface area contributed by atoms with Crippen LogP contribution in [0.3, 0.4) is 0 Å². The van der Waals surface area contributed by atoms with Crippen molar-refractivity contribution in [3.8, 4) is 0 Å². The molecule has 100 valence electrons. The van der Waals surface area contributed by atoms with E-state index in [9.17, 15) is 4.79 Å². The largest absolute Gasteiger partial charge is 0.355 e. The van der Waals surface area contributed by atoms with Gasteiger partial charge in [-0.3, -0.25) is 9.78 Å². The fraction of sp³-hybridized carbons (Fsp3) is 0.571. The lowest BCUT2D eigenvalue weighted by Gasteiger charge is -2.08. The number of rotatable bonds is 7. The minimum absolute atomic E-state index is 0.0516. The average molecular weight is 249 g/mol. The summed E-state index contributed by atoms with van der Waals surface area (Å²) in [5.41, 5.74) is 2.10. The highest BCUT2D eigenvalue weighted by Gasteiger charge is 2.01. The molecule has 1 aromatic rings. The van der Waals surface area contributed by atoms with Crippen molar-refractivity contribution in [3.05, 3.63) is 29.6 Å². The van der Waals surface area contributed by atoms with Crippen LogP contribution in [0.15, 0.2) is 18.3 Å². The van der Waals surface area contributed by atoms with Gasteiger partial charge in [-0.2, -0.15) is 0 Å². The SMILES string of the molecule is Cc1ccc(CNCC(=O)NCCC(C)C)cn1. The van der Waals surface area contributed by atoms with Crippen molar-refractivity contribution in [3.63, 3.8) is 0 Å². The summed E-state index contributed by atoms with van der Waals surface area (Å²) in [6.07, 6.45) is 2.85. The first-order chi connectivity index (χ1) is 8.58. The number of carbonyl (C=O) groups is 1. The predicted molar refractivity (Wildman–Crippen MR) is 73.1 cm³/mol. The van der Waals surface area contributed by atoms with Crippen LogP contribution in [0, 0.1) is 12.8 Å². The molecular weight excluding hydrogens is 226 g/mol. The molecule has 1 rings (SSSR count). The van der Waals surface area contributed by atoms with E-state index < -0.39 is 0 Å². The first-order valence-corrected chi connectivity index (χ1v) is 6.47. The monoisotopic (exact) mass is 249 g/mol. The summed E-state index contributed by atoms with van der Waals surface area (Å²) >= 11 is 0. The van der Waals surface area contributed by atoms with Gasteiger partial charge in [-0.25, -0.2) is 0 Å². The quantitative estimate of drug-likeness (QED) is 0.772. The van der Waals surface area contributed by atoms with Gasteiger partial charge in [0.1, 0.15) is 0 Å². The van der Waals surface area contributed by atoms with Gasteiger partial charge in [0, 0.05) is 25.0 Å². The summed E-state index contributed by atoms with van der Waals surface area (Å²) < 4.78 is 0. The Morgan fingerprint density at radius 3 is 2.78 bits per heavy atom. The molecule has 4 heteroatoms. The maximum absolute atomic E-state index is 11.5. The van der Waals surface area contributed by atoms with E-state index >= 15 is 0 Å². The zero-order chi connectivity index (χ0) is 13.4. The third-order valence-corrected chi connectivity index (χ3v) is 2.63. The molecule has 0 aromatic carbocycles. The molecule has 4 nitrogen and oxygen atoms in total. The number of aromatic nitrogens is 1. The van der Waals surface area contributed by atoms with E-state index in [-0.39, 0.29) is 5.91 Å². The van der Waals surface area contributed by atoms with Crippen molar-refractivity contribution >= 4 is 5.91 Å². The Morgan fingerprint density at radius 1 is 1.39 bits per heavy atom. The van der Waals surface area contributed by atoms with Gasteiger partial charge >= 0.3 is 0 Å². The van der Waals surface area contributed by atoms with E-state index in [4.69, 9.17) is 0 Å². The zero-order valence-corrected chi connectivity index (χ0v) is 11.5. The number of pyridine rings is 1. The molecule has 0 unspecified atom stereocenters. The molecule has 0 atom stereocenters. The molecule has 0 radical (unpaired) electrons. The highest BCUT2D eigenvalue weighted by atomic mass is 16.1. The summed E-state index contributed by atoms with van der Waals surface area (Å²) in [6, 6.07) is 3.99. The van der Waals surface area contributed by atoms with Gasteiger partial charge in [0.15, 0.2) is 0 Å². The van der Waals surface area contributed by atoms with E-state index in [2.05, 4.69) is 29.5 Å². The number of carbonyl (C=O) groups excluding carboxylic acids is 1. The van der Waals surface area contributed by atoms with E-state index in [1.54, 1.807) is 0 Å². The molecule has 2 N–H and O–H groups in total. The van der Waals surface area contributed by atoms with E-state index in [1.807, 2.05) is 25.3 Å². The minimum atomic E-state index is 0.0516. The van der Waals surface area contributed by atoms with Crippen molar-refractivity contribution in [2.45, 2.75) is 33.7 Å². The fourth-order valence-electron chi connectivity index (χ4n) is 1.49. The van der Waals surface area contributed by atoms with Crippen molar-refractivity contribution in [2.75, 3.05) is 13.1 Å². The summed E-state index contributed by atoms with van der Waals surface area (Å²) in [5.74, 6) is 0.674. The van der Waals surface area contributed by atoms with Gasteiger partial charge in [-0.1, -0.05) is 19.9 Å². The van der Waals surface area contributed by atoms with Gasteiger partial charge in [0.05, 0.1) is 6.54 Å². The fourth-order valence-corrected chi connectivity index (χ4v) is 1.49. The van der Waals surface area contributed by atoms with Gasteiger partial charge in [0.2, 0.25) is 5.91 Å². The Kier molecular flexibility index (Phi) is 6.36. The molecule has 0 saturated heterocycles. The summed E-state index contributed by atoms with van der Waals surface area (Å²) in [4.78, 5) is 15.7. The van der Waals surface area contributed by atoms with Crippen molar-refractivity contribution in [1.29, 1.82) is 0 Å². The maximum Gasteiger partial charge on any atom is 0.233 e. The second-order valence-electron chi connectivity index (χ2n) is 4.94. The Bertz CT molecular complexity index is 360. The Morgan fingerprint density at radius 2 is 2.17 bits per heavy atom. The maximum atomic E-state index is 11.5. The lowest BCUT2D eigenvalue weighted by molar-refractivity contribution is -0.120. The lowest BCUT2D eigenvalue weighted by atomic mass is 10.1. The molecule has 0 bridgehead atoms. The van der Waals surface area contributed by atoms with Crippen LogP contribution < -0.4 is 10.6 Å². The topological polar surface area (TPSA) is 54.0 Å². The van der Waals surface area contributed by atoms with Crippen molar-refractivity contribution < 1.29 is 4.79 Å². The normalized spacial score (nSPS) is 10.7. The number of amides is 1. The van der Waals surface area contributed by atoms with Crippen LogP contribution in [-0.4, -0.2) is 24.0 Å². The van der Waals surface area contributed by atoms with E-state index in [0.717, 1.165) is 24.2 Å². The zero-order valence-electron chi connectivity index (χ0n) is 11.5. The third-order valence-electron chi connectivity index (χ3n) is 2.63. The standard InChI is InChI=1S/C14H23N3O/c1-11(2)6-7-16-14(18)10-15-8-13-5-4-12(3)17-9-13/h4-5,9,11,15H,6-8,10H2,1-3H3,(H,16,18). The molecule has 1 amide bonds. The Balaban J connectivity index is 2.13. The van der Waals surface area contributed by atoms with Crippen LogP contribution in [0.5, 0.6) is 0 Å². The Hall–Kier alpha value is -1.42. The van der Waals surface area contributed by atoms with Gasteiger partial charge in [-0.05, 0) is 30.9 Å². The summed E-state index contributed by atoms with van der Waals surface area (Å²) in [5, 5.41) is 6.00. The molecule has 1 aromatic heterocycles. The highest BCUT2D eigenvalue weighted by Crippen LogP contribution is 1.98. The third kappa shape index (κ3) is 6.35. The lowest BCUT2D eigenvalue weighted by Crippen LogP contribution is -2.34. The smallest absolute Gasteiger partial charge is 0.233 e. The minimum Gasteiger partial charge on any atom is -0.355 e. The number of aryl methyl sites for hydroxylation is 1. The number of hydrogen-bond donors (Lipinski definition) is 2. The summed E-state index contributed by atoms with van der Waals surface area (Å²) in [7, 11) is 0. The molecular formula is C14H23N3O. The van der Waals surface area contributed by atoms with Crippen LogP contribution in [-0.2, 0) is 11.3 Å². The van der Waals surface area contributed by atoms with Crippen LogP contribution in [0.4, 0.5) is 0 Å². The summed E-state index contributed by atoms with van der Waals surface area (Å²) in [6.45, 7) is 8.03. The van der Waals surface area contributed by atoms with E-state index in [0.29, 0.717) is 19.0 Å². The first-order valence-electron chi connectivity index (χ1n) is 6.47. The predicted octanol–water partition coefficient (Wildman–Crippen LogP) is 1.64. The van der Waals surface area contributed by atoms with Crippen molar-refractivity contribution in [2.24, 2.45) is 5.92 Å². The molecule has 0 saturated carbocycles. The number of hydrogen-bond acceptors (Lipinski definition) is 3. The molecule has 0 aliphatic heterocycles. The second kappa shape index (κ2) is 7.82. The molecule has 18 heavy (non-hydrogen) atoms. The Labute approximate surface area is 109 Å². The molecule has 0 fully saturated rings.